The summed E-state index contributed by atoms with van der Waals surface area (Å²) in [6.45, 7) is 5.29. The van der Waals surface area contributed by atoms with Gasteiger partial charge in [-0.3, -0.25) is 4.79 Å². The smallest absolute Gasteiger partial charge is 0.329 e. The molecule has 6 heteroatoms. The lowest BCUT2D eigenvalue weighted by molar-refractivity contribution is -0.147. The molecule has 0 bridgehead atoms. The number of benzene rings is 1. The van der Waals surface area contributed by atoms with Gasteiger partial charge in [-0.05, 0) is 56.9 Å². The van der Waals surface area contributed by atoms with Gasteiger partial charge in [-0.2, -0.15) is 0 Å². The van der Waals surface area contributed by atoms with E-state index in [0.29, 0.717) is 23.8 Å². The summed E-state index contributed by atoms with van der Waals surface area (Å²) in [6.07, 6.45) is 19.0. The largest absolute Gasteiger partial charge is 0.464 e. The Morgan fingerprint density at radius 2 is 1.62 bits per heavy atom. The molecule has 1 N–H and O–H groups in total. The zero-order chi connectivity index (χ0) is 24.4. The van der Waals surface area contributed by atoms with Crippen LogP contribution in [0.1, 0.15) is 94.8 Å². The molecule has 1 heterocycles. The zero-order valence-electron chi connectivity index (χ0n) is 21.2. The van der Waals surface area contributed by atoms with E-state index >= 15 is 0 Å². The second-order valence-electron chi connectivity index (χ2n) is 8.92. The average Bonchev–Trinajstić information content (AvgIpc) is 3.34. The number of hydrogen-bond acceptors (Lipinski definition) is 5. The number of amides is 1. The molecule has 1 atom stereocenters. The van der Waals surface area contributed by atoms with Gasteiger partial charge in [-0.15, -0.1) is 11.8 Å². The maximum atomic E-state index is 12.9. The SMILES string of the molecule is CCCCCCCCCC/C=C/CCCNc1ccc(C(=O)N2CSCC2C(=O)OCC)cc1. The number of hydrogen-bond donors (Lipinski definition) is 1. The van der Waals surface area contributed by atoms with Gasteiger partial charge >= 0.3 is 5.97 Å². The van der Waals surface area contributed by atoms with Crippen molar-refractivity contribution in [3.05, 3.63) is 42.0 Å². The Morgan fingerprint density at radius 1 is 0.971 bits per heavy atom. The number of carbonyl (C=O) groups is 2. The van der Waals surface area contributed by atoms with Crippen molar-refractivity contribution in [2.45, 2.75) is 90.5 Å². The topological polar surface area (TPSA) is 58.6 Å². The highest BCUT2D eigenvalue weighted by molar-refractivity contribution is 7.99. The predicted octanol–water partition coefficient (Wildman–Crippen LogP) is 7.04. The van der Waals surface area contributed by atoms with E-state index in [1.807, 2.05) is 24.3 Å². The van der Waals surface area contributed by atoms with E-state index in [1.165, 1.54) is 57.8 Å². The molecule has 1 fully saturated rings. The summed E-state index contributed by atoms with van der Waals surface area (Å²) < 4.78 is 5.12. The molecule has 1 aromatic rings. The highest BCUT2D eigenvalue weighted by Crippen LogP contribution is 2.24. The summed E-state index contributed by atoms with van der Waals surface area (Å²) in [5, 5.41) is 3.43. The maximum absolute atomic E-state index is 12.9. The fourth-order valence-corrected chi connectivity index (χ4v) is 5.20. The minimum atomic E-state index is -0.487. The van der Waals surface area contributed by atoms with Gasteiger partial charge in [0.15, 0.2) is 0 Å². The minimum absolute atomic E-state index is 0.115. The van der Waals surface area contributed by atoms with Gasteiger partial charge in [0.2, 0.25) is 0 Å². The highest BCUT2D eigenvalue weighted by atomic mass is 32.2. The molecule has 0 aliphatic carbocycles. The first kappa shape index (κ1) is 28.3. The number of ether oxygens (including phenoxy) is 1. The lowest BCUT2D eigenvalue weighted by Crippen LogP contribution is -2.42. The van der Waals surface area contributed by atoms with Gasteiger partial charge in [-0.1, -0.05) is 64.0 Å². The first-order valence-electron chi connectivity index (χ1n) is 13.2. The Labute approximate surface area is 211 Å². The fraction of sp³-hybridized carbons (Fsp3) is 0.643. The third-order valence-corrected chi connectivity index (χ3v) is 7.11. The summed E-state index contributed by atoms with van der Waals surface area (Å²) in [5.74, 6) is 0.689. The molecule has 190 valence electrons. The first-order chi connectivity index (χ1) is 16.7. The van der Waals surface area contributed by atoms with Crippen LogP contribution in [-0.2, 0) is 9.53 Å². The number of unbranched alkanes of at least 4 members (excludes halogenated alkanes) is 9. The van der Waals surface area contributed by atoms with Crippen molar-refractivity contribution >= 4 is 29.3 Å². The van der Waals surface area contributed by atoms with Gasteiger partial charge in [-0.25, -0.2) is 4.79 Å². The zero-order valence-corrected chi connectivity index (χ0v) is 22.0. The third kappa shape index (κ3) is 10.5. The van der Waals surface area contributed by atoms with E-state index < -0.39 is 6.04 Å². The van der Waals surface area contributed by atoms with E-state index in [4.69, 9.17) is 4.74 Å². The lowest BCUT2D eigenvalue weighted by Gasteiger charge is -2.22. The number of anilines is 1. The van der Waals surface area contributed by atoms with Crippen molar-refractivity contribution in [2.24, 2.45) is 0 Å². The number of rotatable bonds is 17. The van der Waals surface area contributed by atoms with E-state index in [-0.39, 0.29) is 11.9 Å². The van der Waals surface area contributed by atoms with Crippen LogP contribution >= 0.6 is 11.8 Å². The Hall–Kier alpha value is -1.95. The molecule has 2 rings (SSSR count). The first-order valence-corrected chi connectivity index (χ1v) is 14.4. The Kier molecular flexibility index (Phi) is 14.5. The Morgan fingerprint density at radius 3 is 2.29 bits per heavy atom. The quantitative estimate of drug-likeness (QED) is 0.145. The number of carbonyl (C=O) groups excluding carboxylic acids is 2. The van der Waals surface area contributed by atoms with Crippen LogP contribution in [0.15, 0.2) is 36.4 Å². The Bertz CT molecular complexity index is 736. The number of esters is 1. The molecule has 0 aromatic heterocycles. The normalized spacial score (nSPS) is 15.7. The number of nitrogens with one attached hydrogen (secondary N) is 1. The predicted molar refractivity (Wildman–Crippen MR) is 144 cm³/mol. The van der Waals surface area contributed by atoms with Gasteiger partial charge in [0, 0.05) is 23.5 Å². The monoisotopic (exact) mass is 488 g/mol. The van der Waals surface area contributed by atoms with Crippen LogP contribution in [0.25, 0.3) is 0 Å². The number of nitrogens with zero attached hydrogens (tertiary/aromatic N) is 1. The van der Waals surface area contributed by atoms with E-state index in [0.717, 1.165) is 25.1 Å². The molecule has 5 nitrogen and oxygen atoms in total. The summed E-state index contributed by atoms with van der Waals surface area (Å²) >= 11 is 1.58. The molecular weight excluding hydrogens is 444 g/mol. The van der Waals surface area contributed by atoms with E-state index in [9.17, 15) is 9.59 Å². The van der Waals surface area contributed by atoms with Crippen molar-refractivity contribution < 1.29 is 14.3 Å². The van der Waals surface area contributed by atoms with Crippen molar-refractivity contribution in [1.82, 2.24) is 4.90 Å². The fourth-order valence-electron chi connectivity index (χ4n) is 4.06. The second kappa shape index (κ2) is 17.5. The van der Waals surface area contributed by atoms with Gasteiger partial charge in [0.05, 0.1) is 12.5 Å². The second-order valence-corrected chi connectivity index (χ2v) is 9.92. The molecule has 0 radical (unpaired) electrons. The molecule has 1 aliphatic rings. The van der Waals surface area contributed by atoms with Crippen molar-refractivity contribution in [3.63, 3.8) is 0 Å². The summed E-state index contributed by atoms with van der Waals surface area (Å²) in [7, 11) is 0. The summed E-state index contributed by atoms with van der Waals surface area (Å²) in [5.41, 5.74) is 1.61. The lowest BCUT2D eigenvalue weighted by atomic mass is 10.1. The van der Waals surface area contributed by atoms with Gasteiger partial charge < -0.3 is 15.0 Å². The van der Waals surface area contributed by atoms with Crippen LogP contribution in [0.5, 0.6) is 0 Å². The van der Waals surface area contributed by atoms with E-state index in [1.54, 1.807) is 23.6 Å². The molecule has 1 unspecified atom stereocenters. The molecule has 0 spiro atoms. The summed E-state index contributed by atoms with van der Waals surface area (Å²) in [4.78, 5) is 26.6. The Balaban J connectivity index is 1.58. The van der Waals surface area contributed by atoms with Crippen LogP contribution in [0.2, 0.25) is 0 Å². The highest BCUT2D eigenvalue weighted by Gasteiger charge is 2.36. The molecule has 1 saturated heterocycles. The minimum Gasteiger partial charge on any atom is -0.464 e. The molecule has 34 heavy (non-hydrogen) atoms. The third-order valence-electron chi connectivity index (χ3n) is 6.10. The molecule has 1 aromatic carbocycles. The van der Waals surface area contributed by atoms with Crippen LogP contribution in [0.4, 0.5) is 5.69 Å². The average molecular weight is 489 g/mol. The van der Waals surface area contributed by atoms with Gasteiger partial charge in [0.1, 0.15) is 6.04 Å². The van der Waals surface area contributed by atoms with Gasteiger partial charge in [0.25, 0.3) is 5.91 Å². The number of thioether (sulfide) groups is 1. The van der Waals surface area contributed by atoms with Crippen molar-refractivity contribution in [1.29, 1.82) is 0 Å². The van der Waals surface area contributed by atoms with Crippen LogP contribution in [-0.4, -0.2) is 47.6 Å². The maximum Gasteiger partial charge on any atom is 0.329 e. The van der Waals surface area contributed by atoms with Crippen molar-refractivity contribution in [2.75, 3.05) is 30.1 Å². The summed E-state index contributed by atoms with van der Waals surface area (Å²) in [6, 6.07) is 7.06. The molecule has 1 aliphatic heterocycles. The standard InChI is InChI=1S/C28H44N2O3S/c1-3-5-6-7-8-9-10-11-12-13-14-15-16-21-29-25-19-17-24(18-20-25)27(31)30-23-34-22-26(30)28(32)33-4-2/h13-14,17-20,26,29H,3-12,15-16,21-23H2,1-2H3/b14-13+. The molecular formula is C28H44N2O3S. The molecule has 0 saturated carbocycles. The van der Waals surface area contributed by atoms with Crippen LogP contribution < -0.4 is 5.32 Å². The van der Waals surface area contributed by atoms with E-state index in [2.05, 4.69) is 24.4 Å². The van der Waals surface area contributed by atoms with Crippen LogP contribution in [0, 0.1) is 0 Å². The molecule has 1 amide bonds. The van der Waals surface area contributed by atoms with Crippen molar-refractivity contribution in [3.8, 4) is 0 Å². The number of allylic oxidation sites excluding steroid dienone is 2. The van der Waals surface area contributed by atoms with Crippen LogP contribution in [0.3, 0.4) is 0 Å².